The highest BCUT2D eigenvalue weighted by Crippen LogP contribution is 2.35. The first-order valence-electron chi connectivity index (χ1n) is 10.9. The molecule has 0 bridgehead atoms. The van der Waals surface area contributed by atoms with E-state index in [0.29, 0.717) is 6.54 Å². The van der Waals surface area contributed by atoms with E-state index in [1.165, 1.54) is 11.1 Å². The standard InChI is InChI=1S/C27H26N4O/c1-19-8-13-26(20(2)16-19)31-18-22(17-28)27-29-25(14-15-30(27)31)21-9-11-24(12-10-21)32-23-6-4-3-5-7-23/h3-16,22,25,27,29H,18H2,1-2H3. The third-order valence-corrected chi connectivity index (χ3v) is 6.11. The number of nitrogens with zero attached hydrogens (tertiary/aromatic N) is 3. The molecule has 5 heteroatoms. The minimum absolute atomic E-state index is 0.0388. The van der Waals surface area contributed by atoms with Gasteiger partial charge in [-0.05, 0) is 61.4 Å². The molecule has 5 rings (SSSR count). The Labute approximate surface area is 189 Å². The maximum absolute atomic E-state index is 9.83. The highest BCUT2D eigenvalue weighted by molar-refractivity contribution is 5.55. The molecule has 0 aliphatic carbocycles. The van der Waals surface area contributed by atoms with E-state index in [1.54, 1.807) is 0 Å². The van der Waals surface area contributed by atoms with Crippen LogP contribution in [0.1, 0.15) is 22.7 Å². The lowest BCUT2D eigenvalue weighted by atomic mass is 10.0. The molecular weight excluding hydrogens is 396 g/mol. The number of hydrazine groups is 1. The topological polar surface area (TPSA) is 51.5 Å². The predicted molar refractivity (Wildman–Crippen MR) is 126 cm³/mol. The highest BCUT2D eigenvalue weighted by Gasteiger charge is 2.42. The monoisotopic (exact) mass is 422 g/mol. The summed E-state index contributed by atoms with van der Waals surface area (Å²) in [5, 5.41) is 17.9. The SMILES string of the molecule is Cc1ccc(N2CC(C#N)C3NC(c4ccc(Oc5ccccc5)cc4)C=CN32)c(C)c1. The molecule has 3 atom stereocenters. The van der Waals surface area contributed by atoms with Crippen LogP contribution in [0.5, 0.6) is 11.5 Å². The fraction of sp³-hybridized carbons (Fsp3) is 0.222. The zero-order valence-corrected chi connectivity index (χ0v) is 18.3. The van der Waals surface area contributed by atoms with Gasteiger partial charge in [-0.1, -0.05) is 48.0 Å². The van der Waals surface area contributed by atoms with Crippen LogP contribution in [0.2, 0.25) is 0 Å². The third-order valence-electron chi connectivity index (χ3n) is 6.11. The van der Waals surface area contributed by atoms with Crippen molar-refractivity contribution >= 4 is 5.69 Å². The van der Waals surface area contributed by atoms with E-state index < -0.39 is 0 Å². The molecule has 1 saturated heterocycles. The molecule has 0 spiro atoms. The van der Waals surface area contributed by atoms with Gasteiger partial charge in [-0.3, -0.25) is 15.3 Å². The molecule has 0 radical (unpaired) electrons. The van der Waals surface area contributed by atoms with Gasteiger partial charge >= 0.3 is 0 Å². The van der Waals surface area contributed by atoms with Crippen LogP contribution in [0.3, 0.4) is 0 Å². The Morgan fingerprint density at radius 1 is 0.969 bits per heavy atom. The first-order valence-corrected chi connectivity index (χ1v) is 10.9. The van der Waals surface area contributed by atoms with Crippen molar-refractivity contribution in [1.82, 2.24) is 10.3 Å². The van der Waals surface area contributed by atoms with Gasteiger partial charge in [-0.2, -0.15) is 5.26 Å². The van der Waals surface area contributed by atoms with E-state index in [2.05, 4.69) is 77.9 Å². The Kier molecular flexibility index (Phi) is 5.30. The number of hydrogen-bond donors (Lipinski definition) is 1. The van der Waals surface area contributed by atoms with E-state index in [1.807, 2.05) is 42.5 Å². The first-order chi connectivity index (χ1) is 15.6. The molecule has 2 heterocycles. The Morgan fingerprint density at radius 3 is 2.44 bits per heavy atom. The van der Waals surface area contributed by atoms with Gasteiger partial charge in [0.15, 0.2) is 0 Å². The van der Waals surface area contributed by atoms with Gasteiger partial charge in [0.2, 0.25) is 0 Å². The zero-order valence-electron chi connectivity index (χ0n) is 18.3. The largest absolute Gasteiger partial charge is 0.457 e. The van der Waals surface area contributed by atoms with Crippen molar-refractivity contribution in [2.75, 3.05) is 11.6 Å². The molecule has 3 aromatic carbocycles. The van der Waals surface area contributed by atoms with Gasteiger partial charge < -0.3 is 4.74 Å². The highest BCUT2D eigenvalue weighted by atomic mass is 16.5. The summed E-state index contributed by atoms with van der Waals surface area (Å²) in [4.78, 5) is 0. The van der Waals surface area contributed by atoms with Crippen LogP contribution in [-0.4, -0.2) is 17.7 Å². The van der Waals surface area contributed by atoms with Crippen molar-refractivity contribution in [3.63, 3.8) is 0 Å². The van der Waals surface area contributed by atoms with Crippen LogP contribution < -0.4 is 15.1 Å². The summed E-state index contributed by atoms with van der Waals surface area (Å²) in [7, 11) is 0. The Morgan fingerprint density at radius 2 is 1.72 bits per heavy atom. The second kappa shape index (κ2) is 8.41. The summed E-state index contributed by atoms with van der Waals surface area (Å²) in [5.74, 6) is 1.49. The fourth-order valence-corrected chi connectivity index (χ4v) is 4.50. The van der Waals surface area contributed by atoms with Crippen molar-refractivity contribution < 1.29 is 4.74 Å². The lowest BCUT2D eigenvalue weighted by Crippen LogP contribution is -2.49. The molecule has 160 valence electrons. The normalized spacial score (nSPS) is 21.8. The summed E-state index contributed by atoms with van der Waals surface area (Å²) in [6, 6.07) is 26.9. The number of ether oxygens (including phenoxy) is 1. The van der Waals surface area contributed by atoms with E-state index in [4.69, 9.17) is 4.74 Å². The average molecular weight is 423 g/mol. The molecule has 1 fully saturated rings. The maximum atomic E-state index is 9.83. The molecule has 0 amide bonds. The van der Waals surface area contributed by atoms with Gasteiger partial charge in [0.05, 0.1) is 24.3 Å². The van der Waals surface area contributed by atoms with Crippen molar-refractivity contribution in [1.29, 1.82) is 5.26 Å². The van der Waals surface area contributed by atoms with Crippen LogP contribution in [0, 0.1) is 31.1 Å². The van der Waals surface area contributed by atoms with Crippen LogP contribution in [0.4, 0.5) is 5.69 Å². The van der Waals surface area contributed by atoms with Gasteiger partial charge in [0.25, 0.3) is 0 Å². The van der Waals surface area contributed by atoms with Gasteiger partial charge in [-0.25, -0.2) is 0 Å². The Balaban J connectivity index is 1.35. The number of anilines is 1. The smallest absolute Gasteiger partial charge is 0.127 e. The lowest BCUT2D eigenvalue weighted by molar-refractivity contribution is 0.228. The summed E-state index contributed by atoms with van der Waals surface area (Å²) < 4.78 is 5.91. The number of fused-ring (bicyclic) bond motifs is 1. The minimum Gasteiger partial charge on any atom is -0.457 e. The predicted octanol–water partition coefficient (Wildman–Crippen LogP) is 5.46. The molecule has 0 aromatic heterocycles. The van der Waals surface area contributed by atoms with E-state index in [9.17, 15) is 5.26 Å². The van der Waals surface area contributed by atoms with Crippen LogP contribution in [0.25, 0.3) is 0 Å². The fourth-order valence-electron chi connectivity index (χ4n) is 4.50. The van der Waals surface area contributed by atoms with Crippen LogP contribution >= 0.6 is 0 Å². The number of para-hydroxylation sites is 1. The van der Waals surface area contributed by atoms with Crippen molar-refractivity contribution in [3.05, 3.63) is 102 Å². The average Bonchev–Trinajstić information content (AvgIpc) is 3.18. The zero-order chi connectivity index (χ0) is 22.1. The number of aryl methyl sites for hydroxylation is 2. The van der Waals surface area contributed by atoms with E-state index >= 15 is 0 Å². The number of rotatable bonds is 4. The Bertz CT molecular complexity index is 1170. The first kappa shape index (κ1) is 20.2. The molecule has 0 saturated carbocycles. The number of hydrogen-bond acceptors (Lipinski definition) is 5. The Hall–Kier alpha value is -3.75. The van der Waals surface area contributed by atoms with Gasteiger partial charge in [-0.15, -0.1) is 0 Å². The van der Waals surface area contributed by atoms with E-state index in [-0.39, 0.29) is 18.1 Å². The van der Waals surface area contributed by atoms with Crippen molar-refractivity contribution in [2.45, 2.75) is 26.1 Å². The summed E-state index contributed by atoms with van der Waals surface area (Å²) >= 11 is 0. The minimum atomic E-state index is -0.135. The summed E-state index contributed by atoms with van der Waals surface area (Å²) in [5.41, 5.74) is 4.74. The molecule has 2 aliphatic heterocycles. The van der Waals surface area contributed by atoms with Crippen LogP contribution in [0.15, 0.2) is 85.1 Å². The third kappa shape index (κ3) is 3.81. The molecule has 1 N–H and O–H groups in total. The van der Waals surface area contributed by atoms with E-state index in [0.717, 1.165) is 22.7 Å². The maximum Gasteiger partial charge on any atom is 0.127 e. The van der Waals surface area contributed by atoms with Crippen molar-refractivity contribution in [3.8, 4) is 17.6 Å². The number of benzene rings is 3. The molecule has 3 aromatic rings. The summed E-state index contributed by atoms with van der Waals surface area (Å²) in [6.45, 7) is 4.89. The molecule has 5 nitrogen and oxygen atoms in total. The van der Waals surface area contributed by atoms with Gasteiger partial charge in [0, 0.05) is 6.20 Å². The number of nitriles is 1. The molecule has 3 unspecified atom stereocenters. The van der Waals surface area contributed by atoms with Crippen molar-refractivity contribution in [2.24, 2.45) is 5.92 Å². The molecular formula is C27H26N4O. The second-order valence-corrected chi connectivity index (χ2v) is 8.40. The lowest BCUT2D eigenvalue weighted by Gasteiger charge is -2.38. The van der Waals surface area contributed by atoms with Gasteiger partial charge in [0.1, 0.15) is 23.6 Å². The molecule has 2 aliphatic rings. The quantitative estimate of drug-likeness (QED) is 0.605. The second-order valence-electron chi connectivity index (χ2n) is 8.40. The number of nitrogens with one attached hydrogen (secondary N) is 1. The summed E-state index contributed by atoms with van der Waals surface area (Å²) in [6.07, 6.45) is 4.19. The molecule has 32 heavy (non-hydrogen) atoms. The van der Waals surface area contributed by atoms with Crippen LogP contribution in [-0.2, 0) is 0 Å².